The predicted octanol–water partition coefficient (Wildman–Crippen LogP) is 3.57. The highest BCUT2D eigenvalue weighted by molar-refractivity contribution is 7.16. The maximum absolute atomic E-state index is 14.1. The van der Waals surface area contributed by atoms with Crippen molar-refractivity contribution in [3.63, 3.8) is 0 Å². The van der Waals surface area contributed by atoms with E-state index in [2.05, 4.69) is 15.1 Å². The molecule has 1 N–H and O–H groups in total. The van der Waals surface area contributed by atoms with Gasteiger partial charge in [0.1, 0.15) is 12.2 Å². The van der Waals surface area contributed by atoms with Crippen LogP contribution in [0.3, 0.4) is 0 Å². The monoisotopic (exact) mass is 387 g/mol. The van der Waals surface area contributed by atoms with E-state index >= 15 is 0 Å². The van der Waals surface area contributed by atoms with Gasteiger partial charge in [-0.2, -0.15) is 13.9 Å². The molecule has 3 radical (unpaired) electrons. The Kier molecular flexibility index (Phi) is 4.93. The van der Waals surface area contributed by atoms with E-state index in [4.69, 9.17) is 16.3 Å². The summed E-state index contributed by atoms with van der Waals surface area (Å²) < 4.78 is 34.4. The molecule has 0 unspecified atom stereocenters. The Labute approximate surface area is 153 Å². The van der Waals surface area contributed by atoms with Crippen LogP contribution in [-0.4, -0.2) is 34.8 Å². The molecule has 9 heteroatoms. The summed E-state index contributed by atoms with van der Waals surface area (Å²) >= 11 is 7.26. The summed E-state index contributed by atoms with van der Waals surface area (Å²) in [4.78, 5) is 2.93. The fourth-order valence-electron chi connectivity index (χ4n) is 3.57. The number of likely N-dealkylation sites (tertiary alicyclic amines) is 1. The molecule has 2 aliphatic heterocycles. The summed E-state index contributed by atoms with van der Waals surface area (Å²) in [6.07, 6.45) is 3.31. The second-order valence-electron chi connectivity index (χ2n) is 6.55. The van der Waals surface area contributed by atoms with E-state index in [9.17, 15) is 8.78 Å². The lowest BCUT2D eigenvalue weighted by Gasteiger charge is -2.45. The number of aromatic nitrogens is 2. The fraction of sp³-hybridized carbons (Fsp3) is 0.562. The lowest BCUT2D eigenvalue weighted by Crippen LogP contribution is -2.48. The molecule has 0 bridgehead atoms. The van der Waals surface area contributed by atoms with E-state index in [0.717, 1.165) is 25.3 Å². The fourth-order valence-corrected chi connectivity index (χ4v) is 5.05. The van der Waals surface area contributed by atoms with Crippen LogP contribution in [0.2, 0.25) is 4.34 Å². The minimum absolute atomic E-state index is 0. The molecule has 1 spiro atoms. The quantitative estimate of drug-likeness (QED) is 0.856. The number of aromatic amines is 1. The van der Waals surface area contributed by atoms with Gasteiger partial charge in [-0.3, -0.25) is 10.00 Å². The zero-order valence-corrected chi connectivity index (χ0v) is 15.3. The molecule has 0 aliphatic carbocycles. The van der Waals surface area contributed by atoms with Gasteiger partial charge in [-0.25, -0.2) is 0 Å². The molecule has 1 saturated heterocycles. The number of nitrogens with one attached hydrogen (secondary N) is 1. The zero-order valence-electron chi connectivity index (χ0n) is 13.7. The maximum atomic E-state index is 14.1. The van der Waals surface area contributed by atoms with Crippen molar-refractivity contribution in [1.82, 2.24) is 21.2 Å². The van der Waals surface area contributed by atoms with Crippen LogP contribution in [-0.2, 0) is 22.8 Å². The number of alkyl halides is 2. The minimum Gasteiger partial charge on any atom is -0.363 e. The van der Waals surface area contributed by atoms with Gasteiger partial charge >= 0.3 is 0 Å². The van der Waals surface area contributed by atoms with Crippen molar-refractivity contribution in [1.29, 1.82) is 0 Å². The number of halogens is 3. The van der Waals surface area contributed by atoms with Crippen LogP contribution in [0, 0.1) is 6.92 Å². The molecule has 25 heavy (non-hydrogen) atoms. The number of ether oxygens (including phenoxy) is 1. The number of aryl methyl sites for hydroxylation is 1. The summed E-state index contributed by atoms with van der Waals surface area (Å²) in [6.45, 7) is 3.82. The minimum atomic E-state index is -2.95. The van der Waals surface area contributed by atoms with Crippen molar-refractivity contribution in [3.8, 4) is 0 Å². The highest BCUT2D eigenvalue weighted by Gasteiger charge is 2.51. The molecule has 0 saturated carbocycles. The number of thiophene rings is 1. The van der Waals surface area contributed by atoms with Crippen LogP contribution >= 0.6 is 22.9 Å². The van der Waals surface area contributed by atoms with Crippen LogP contribution in [0.5, 0.6) is 0 Å². The van der Waals surface area contributed by atoms with Crippen molar-refractivity contribution in [2.45, 2.75) is 37.8 Å². The van der Waals surface area contributed by atoms with Crippen LogP contribution < -0.4 is 6.15 Å². The van der Waals surface area contributed by atoms with Gasteiger partial charge in [0, 0.05) is 48.0 Å². The molecule has 1 fully saturated rings. The number of fused-ring (bicyclic) bond motifs is 2. The number of hydrogen-bond acceptors (Lipinski definition) is 4. The van der Waals surface area contributed by atoms with Crippen LogP contribution in [0.25, 0.3) is 0 Å². The largest absolute Gasteiger partial charge is 0.363 e. The van der Waals surface area contributed by atoms with Gasteiger partial charge in [0.15, 0.2) is 0 Å². The Morgan fingerprint density at radius 3 is 2.76 bits per heavy atom. The Bertz CT molecular complexity index is 755. The molecule has 0 aromatic carbocycles. The highest BCUT2D eigenvalue weighted by atomic mass is 35.5. The molecular weight excluding hydrogens is 370 g/mol. The molecule has 4 rings (SSSR count). The van der Waals surface area contributed by atoms with Crippen LogP contribution in [0.15, 0.2) is 12.3 Å². The van der Waals surface area contributed by atoms with E-state index in [1.54, 1.807) is 0 Å². The number of piperidine rings is 1. The normalized spacial score (nSPS) is 21.8. The molecule has 4 heterocycles. The standard InChI is InChI=1S/C16H18ClF2N3OS.N/c1-10-11(7-20-21-10)8-22-4-2-15(3-5-22)14-12(6-13(17)24-14)16(18,19)9-23-15;/h6-7H,2-5,8-9H2,1H3,(H,20,21);. The first kappa shape index (κ1) is 18.7. The van der Waals surface area contributed by atoms with E-state index in [1.165, 1.54) is 23.0 Å². The van der Waals surface area contributed by atoms with Crippen molar-refractivity contribution in [3.05, 3.63) is 38.3 Å². The summed E-state index contributed by atoms with van der Waals surface area (Å²) in [5.41, 5.74) is 1.61. The molecule has 2 aliphatic rings. The molecule has 135 valence electrons. The van der Waals surface area contributed by atoms with Crippen molar-refractivity contribution in [2.24, 2.45) is 0 Å². The Hall–Kier alpha value is -1.06. The average Bonchev–Trinajstić information content (AvgIpc) is 3.13. The van der Waals surface area contributed by atoms with Crippen molar-refractivity contribution in [2.75, 3.05) is 19.7 Å². The smallest absolute Gasteiger partial charge is 0.297 e. The Morgan fingerprint density at radius 1 is 1.40 bits per heavy atom. The summed E-state index contributed by atoms with van der Waals surface area (Å²) in [6, 6.07) is 1.41. The second-order valence-corrected chi connectivity index (χ2v) is 8.24. The van der Waals surface area contributed by atoms with Gasteiger partial charge in [-0.1, -0.05) is 11.6 Å². The summed E-state index contributed by atoms with van der Waals surface area (Å²) in [7, 11) is 0. The molecule has 5 nitrogen and oxygen atoms in total. The van der Waals surface area contributed by atoms with Crippen LogP contribution in [0.4, 0.5) is 8.78 Å². The third kappa shape index (κ3) is 3.21. The van der Waals surface area contributed by atoms with Crippen molar-refractivity contribution < 1.29 is 13.5 Å². The molecule has 2 aromatic rings. The van der Waals surface area contributed by atoms with E-state index < -0.39 is 18.1 Å². The first-order valence-corrected chi connectivity index (χ1v) is 9.13. The lowest BCUT2D eigenvalue weighted by molar-refractivity contribution is -0.182. The number of nitrogens with zero attached hydrogens (tertiary/aromatic N) is 3. The van der Waals surface area contributed by atoms with Gasteiger partial charge in [-0.05, 0) is 25.8 Å². The SMILES string of the molecule is Cc1n[nH]cc1CN1CCC2(CC1)OCC(F)(F)c1cc(Cl)sc12.[N]. The van der Waals surface area contributed by atoms with Crippen molar-refractivity contribution >= 4 is 22.9 Å². The maximum Gasteiger partial charge on any atom is 0.297 e. The molecular formula is C16H18ClF2N4OS. The van der Waals surface area contributed by atoms with Gasteiger partial charge in [0.2, 0.25) is 0 Å². The van der Waals surface area contributed by atoms with Gasteiger partial charge in [-0.15, -0.1) is 11.3 Å². The van der Waals surface area contributed by atoms with Gasteiger partial charge in [0.25, 0.3) is 5.92 Å². The predicted molar refractivity (Wildman–Crippen MR) is 90.8 cm³/mol. The van der Waals surface area contributed by atoms with E-state index in [-0.39, 0.29) is 11.7 Å². The van der Waals surface area contributed by atoms with E-state index in [0.29, 0.717) is 22.1 Å². The van der Waals surface area contributed by atoms with Gasteiger partial charge < -0.3 is 4.74 Å². The molecule has 0 atom stereocenters. The summed E-state index contributed by atoms with van der Waals surface area (Å²) in [5.74, 6) is -2.95. The van der Waals surface area contributed by atoms with Crippen LogP contribution in [0.1, 0.15) is 34.5 Å². The third-order valence-corrected chi connectivity index (χ3v) is 6.48. The Balaban J connectivity index is 0.00000182. The third-order valence-electron chi connectivity index (χ3n) is 5.03. The first-order valence-electron chi connectivity index (χ1n) is 7.93. The van der Waals surface area contributed by atoms with E-state index in [1.807, 2.05) is 13.1 Å². The number of rotatable bonds is 2. The highest BCUT2D eigenvalue weighted by Crippen LogP contribution is 2.52. The van der Waals surface area contributed by atoms with Gasteiger partial charge in [0.05, 0.1) is 10.0 Å². The summed E-state index contributed by atoms with van der Waals surface area (Å²) in [5, 5.41) is 7.01. The lowest BCUT2D eigenvalue weighted by atomic mass is 9.84. The average molecular weight is 388 g/mol. The topological polar surface area (TPSA) is 71.7 Å². The number of H-pyrrole nitrogens is 1. The second kappa shape index (κ2) is 6.59. The molecule has 2 aromatic heterocycles. The molecule has 0 amide bonds. The Morgan fingerprint density at radius 2 is 2.12 bits per heavy atom. The number of hydrogen-bond donors (Lipinski definition) is 1. The zero-order chi connectivity index (χ0) is 16.9. The first-order chi connectivity index (χ1) is 11.4.